The lowest BCUT2D eigenvalue weighted by atomic mass is 10.2. The number of thiophene rings is 1. The molecule has 2 aromatic rings. The number of carbonyl (C=O) groups excluding carboxylic acids is 1. The second-order valence-electron chi connectivity index (χ2n) is 4.96. The molecule has 0 unspecified atom stereocenters. The van der Waals surface area contributed by atoms with Crippen molar-refractivity contribution in [1.29, 1.82) is 0 Å². The Bertz CT molecular complexity index is 565. The summed E-state index contributed by atoms with van der Waals surface area (Å²) in [7, 11) is 0. The minimum Gasteiger partial charge on any atom is -0.395 e. The van der Waals surface area contributed by atoms with E-state index >= 15 is 0 Å². The molecule has 0 saturated heterocycles. The van der Waals surface area contributed by atoms with Crippen molar-refractivity contribution in [2.24, 2.45) is 0 Å². The van der Waals surface area contributed by atoms with E-state index in [2.05, 4.69) is 6.92 Å². The number of benzene rings is 1. The quantitative estimate of drug-likeness (QED) is 0.762. The molecule has 0 aliphatic carbocycles. The zero-order valence-corrected chi connectivity index (χ0v) is 13.1. The van der Waals surface area contributed by atoms with Crippen LogP contribution in [0.15, 0.2) is 42.5 Å². The first kappa shape index (κ1) is 15.9. The number of ketones is 1. The first-order valence-electron chi connectivity index (χ1n) is 7.22. The fourth-order valence-corrected chi connectivity index (χ4v) is 3.07. The van der Waals surface area contributed by atoms with Gasteiger partial charge < -0.3 is 5.11 Å². The van der Waals surface area contributed by atoms with Crippen LogP contribution in [0.25, 0.3) is 0 Å². The van der Waals surface area contributed by atoms with Gasteiger partial charge in [0.2, 0.25) is 0 Å². The number of hydrogen-bond donors (Lipinski definition) is 1. The van der Waals surface area contributed by atoms with Gasteiger partial charge in [0.05, 0.1) is 18.0 Å². The lowest BCUT2D eigenvalue weighted by Crippen LogP contribution is -2.31. The smallest absolute Gasteiger partial charge is 0.186 e. The normalized spacial score (nSPS) is 11.0. The number of rotatable bonds is 8. The highest BCUT2D eigenvalue weighted by molar-refractivity contribution is 7.14. The van der Waals surface area contributed by atoms with E-state index in [9.17, 15) is 9.90 Å². The third-order valence-corrected chi connectivity index (χ3v) is 4.59. The molecular formula is C17H21NO2S. The highest BCUT2D eigenvalue weighted by Gasteiger charge is 2.14. The van der Waals surface area contributed by atoms with Crippen LogP contribution in [-0.4, -0.2) is 35.5 Å². The molecule has 0 saturated carbocycles. The number of hydrogen-bond acceptors (Lipinski definition) is 4. The van der Waals surface area contributed by atoms with Crippen molar-refractivity contribution in [1.82, 2.24) is 4.90 Å². The summed E-state index contributed by atoms with van der Waals surface area (Å²) in [6.07, 6.45) is 0.961. The van der Waals surface area contributed by atoms with Crippen LogP contribution in [0.1, 0.15) is 27.0 Å². The standard InChI is InChI=1S/C17H21NO2S/c1-2-15-8-9-17(21-15)16(20)13-18(10-11-19)12-14-6-4-3-5-7-14/h3-9,19H,2,10-13H2,1H3. The molecule has 3 nitrogen and oxygen atoms in total. The van der Waals surface area contributed by atoms with Crippen LogP contribution in [0.4, 0.5) is 0 Å². The van der Waals surface area contributed by atoms with E-state index in [1.807, 2.05) is 47.4 Å². The summed E-state index contributed by atoms with van der Waals surface area (Å²) < 4.78 is 0. The molecular weight excluding hydrogens is 282 g/mol. The third-order valence-electron chi connectivity index (χ3n) is 3.32. The Morgan fingerprint density at radius 2 is 1.95 bits per heavy atom. The molecule has 0 spiro atoms. The molecule has 112 valence electrons. The monoisotopic (exact) mass is 303 g/mol. The summed E-state index contributed by atoms with van der Waals surface area (Å²) in [5.74, 6) is 0.129. The third kappa shape index (κ3) is 4.77. The Labute approximate surface area is 129 Å². The van der Waals surface area contributed by atoms with E-state index < -0.39 is 0 Å². The molecule has 0 bridgehead atoms. The van der Waals surface area contributed by atoms with Gasteiger partial charge in [-0.2, -0.15) is 0 Å². The Morgan fingerprint density at radius 1 is 1.19 bits per heavy atom. The van der Waals surface area contributed by atoms with Gasteiger partial charge in [0.15, 0.2) is 5.78 Å². The average Bonchev–Trinajstić information content (AvgIpc) is 2.97. The Hall–Kier alpha value is -1.49. The number of carbonyl (C=O) groups is 1. The molecule has 2 rings (SSSR count). The van der Waals surface area contributed by atoms with Gasteiger partial charge in [0.1, 0.15) is 0 Å². The molecule has 0 atom stereocenters. The van der Waals surface area contributed by atoms with Crippen molar-refractivity contribution < 1.29 is 9.90 Å². The number of aliphatic hydroxyl groups is 1. The van der Waals surface area contributed by atoms with Crippen LogP contribution in [0.5, 0.6) is 0 Å². The number of Topliss-reactive ketones (excluding diaryl/α,β-unsaturated/α-hetero) is 1. The van der Waals surface area contributed by atoms with Crippen LogP contribution in [0, 0.1) is 0 Å². The second kappa shape index (κ2) is 8.08. The predicted molar refractivity (Wildman–Crippen MR) is 86.8 cm³/mol. The Balaban J connectivity index is 2.00. The van der Waals surface area contributed by atoms with Crippen molar-refractivity contribution in [3.63, 3.8) is 0 Å². The molecule has 0 aliphatic rings. The molecule has 1 heterocycles. The maximum Gasteiger partial charge on any atom is 0.186 e. The van der Waals surface area contributed by atoms with E-state index in [-0.39, 0.29) is 12.4 Å². The Kier molecular flexibility index (Phi) is 6.11. The lowest BCUT2D eigenvalue weighted by Gasteiger charge is -2.20. The van der Waals surface area contributed by atoms with Crippen molar-refractivity contribution in [2.45, 2.75) is 19.9 Å². The first-order valence-corrected chi connectivity index (χ1v) is 8.03. The molecule has 4 heteroatoms. The summed E-state index contributed by atoms with van der Waals surface area (Å²) >= 11 is 1.57. The van der Waals surface area contributed by atoms with Gasteiger partial charge in [0.25, 0.3) is 0 Å². The molecule has 1 N–H and O–H groups in total. The average molecular weight is 303 g/mol. The maximum absolute atomic E-state index is 12.3. The van der Waals surface area contributed by atoms with Gasteiger partial charge in [0, 0.05) is 18.0 Å². The summed E-state index contributed by atoms with van der Waals surface area (Å²) in [6.45, 7) is 3.68. The highest BCUT2D eigenvalue weighted by Crippen LogP contribution is 2.18. The minimum absolute atomic E-state index is 0.0603. The van der Waals surface area contributed by atoms with Crippen LogP contribution in [0.3, 0.4) is 0 Å². The largest absolute Gasteiger partial charge is 0.395 e. The molecule has 0 amide bonds. The maximum atomic E-state index is 12.3. The van der Waals surface area contributed by atoms with E-state index in [1.54, 1.807) is 11.3 Å². The van der Waals surface area contributed by atoms with Gasteiger partial charge in [-0.15, -0.1) is 11.3 Å². The van der Waals surface area contributed by atoms with Crippen LogP contribution < -0.4 is 0 Å². The number of aryl methyl sites for hydroxylation is 1. The van der Waals surface area contributed by atoms with E-state index in [0.717, 1.165) is 16.9 Å². The van der Waals surface area contributed by atoms with Gasteiger partial charge in [-0.05, 0) is 24.1 Å². The lowest BCUT2D eigenvalue weighted by molar-refractivity contribution is 0.0912. The van der Waals surface area contributed by atoms with Crippen LogP contribution >= 0.6 is 11.3 Å². The van der Waals surface area contributed by atoms with Crippen molar-refractivity contribution in [2.75, 3.05) is 19.7 Å². The molecule has 21 heavy (non-hydrogen) atoms. The zero-order valence-electron chi connectivity index (χ0n) is 12.3. The minimum atomic E-state index is 0.0603. The summed E-state index contributed by atoms with van der Waals surface area (Å²) in [5, 5.41) is 9.19. The van der Waals surface area contributed by atoms with Crippen molar-refractivity contribution in [3.8, 4) is 0 Å². The molecule has 1 aromatic carbocycles. The fraction of sp³-hybridized carbons (Fsp3) is 0.353. The van der Waals surface area contributed by atoms with Gasteiger partial charge >= 0.3 is 0 Å². The first-order chi connectivity index (χ1) is 10.2. The molecule has 0 radical (unpaired) electrons. The summed E-state index contributed by atoms with van der Waals surface area (Å²) in [4.78, 5) is 16.4. The number of aliphatic hydroxyl groups excluding tert-OH is 1. The van der Waals surface area contributed by atoms with Gasteiger partial charge in [-0.25, -0.2) is 0 Å². The van der Waals surface area contributed by atoms with E-state index in [4.69, 9.17) is 0 Å². The van der Waals surface area contributed by atoms with Crippen LogP contribution in [0.2, 0.25) is 0 Å². The molecule has 0 aliphatic heterocycles. The summed E-state index contributed by atoms with van der Waals surface area (Å²) in [6, 6.07) is 14.0. The van der Waals surface area contributed by atoms with E-state index in [0.29, 0.717) is 19.6 Å². The van der Waals surface area contributed by atoms with E-state index in [1.165, 1.54) is 4.88 Å². The van der Waals surface area contributed by atoms with Gasteiger partial charge in [-0.1, -0.05) is 37.3 Å². The summed E-state index contributed by atoms with van der Waals surface area (Å²) in [5.41, 5.74) is 1.15. The highest BCUT2D eigenvalue weighted by atomic mass is 32.1. The Morgan fingerprint density at radius 3 is 2.57 bits per heavy atom. The topological polar surface area (TPSA) is 40.5 Å². The molecule has 1 aromatic heterocycles. The number of nitrogens with zero attached hydrogens (tertiary/aromatic N) is 1. The fourth-order valence-electron chi connectivity index (χ4n) is 2.20. The SMILES string of the molecule is CCc1ccc(C(=O)CN(CCO)Cc2ccccc2)s1. The second-order valence-corrected chi connectivity index (χ2v) is 6.13. The predicted octanol–water partition coefficient (Wildman–Crippen LogP) is 2.99. The van der Waals surface area contributed by atoms with Crippen molar-refractivity contribution in [3.05, 3.63) is 57.8 Å². The van der Waals surface area contributed by atoms with Crippen LogP contribution in [-0.2, 0) is 13.0 Å². The molecule has 0 fully saturated rings. The zero-order chi connectivity index (χ0) is 15.1. The van der Waals surface area contributed by atoms with Crippen molar-refractivity contribution >= 4 is 17.1 Å². The van der Waals surface area contributed by atoms with Gasteiger partial charge in [-0.3, -0.25) is 9.69 Å².